The SMILES string of the molecule is CC(C)C(O)(C(=O)OC[C@@H]1CCN2CCC[C@@H]12)[C@H](C)O. The third-order valence-electron chi connectivity index (χ3n) is 5.02. The van der Waals surface area contributed by atoms with E-state index in [-0.39, 0.29) is 5.92 Å². The maximum Gasteiger partial charge on any atom is 0.341 e. The molecule has 2 aliphatic rings. The Bertz CT molecular complexity index is 348. The average Bonchev–Trinajstić information content (AvgIpc) is 2.97. The molecule has 2 rings (SSSR count). The molecule has 0 saturated carbocycles. The van der Waals surface area contributed by atoms with Crippen molar-refractivity contribution in [3.05, 3.63) is 0 Å². The van der Waals surface area contributed by atoms with Gasteiger partial charge in [-0.05, 0) is 45.2 Å². The van der Waals surface area contributed by atoms with Crippen LogP contribution < -0.4 is 0 Å². The van der Waals surface area contributed by atoms with Gasteiger partial charge in [-0.3, -0.25) is 4.90 Å². The Balaban J connectivity index is 1.91. The van der Waals surface area contributed by atoms with Gasteiger partial charge in [0.15, 0.2) is 5.60 Å². The van der Waals surface area contributed by atoms with Crippen LogP contribution in [0.2, 0.25) is 0 Å². The molecule has 5 heteroatoms. The minimum Gasteiger partial charge on any atom is -0.463 e. The number of aliphatic hydroxyl groups is 2. The molecule has 0 aliphatic carbocycles. The lowest BCUT2D eigenvalue weighted by Crippen LogP contribution is -2.53. The first-order valence-electron chi connectivity index (χ1n) is 7.69. The molecule has 116 valence electrons. The second-order valence-electron chi connectivity index (χ2n) is 6.55. The minimum absolute atomic E-state index is 0.349. The van der Waals surface area contributed by atoms with E-state index in [0.717, 1.165) is 19.5 Å². The van der Waals surface area contributed by atoms with Crippen molar-refractivity contribution in [1.82, 2.24) is 4.90 Å². The van der Waals surface area contributed by atoms with Crippen LogP contribution in [0, 0.1) is 11.8 Å². The Hall–Kier alpha value is -0.650. The molecule has 0 aromatic carbocycles. The van der Waals surface area contributed by atoms with E-state index in [9.17, 15) is 15.0 Å². The van der Waals surface area contributed by atoms with Crippen LogP contribution in [0.3, 0.4) is 0 Å². The molecule has 2 N–H and O–H groups in total. The molecular weight excluding hydrogens is 258 g/mol. The third kappa shape index (κ3) is 2.71. The largest absolute Gasteiger partial charge is 0.463 e. The first kappa shape index (κ1) is 15.7. The van der Waals surface area contributed by atoms with E-state index in [1.165, 1.54) is 19.8 Å². The van der Waals surface area contributed by atoms with E-state index in [4.69, 9.17) is 4.74 Å². The van der Waals surface area contributed by atoms with E-state index in [1.54, 1.807) is 13.8 Å². The van der Waals surface area contributed by atoms with Crippen LogP contribution in [0.4, 0.5) is 0 Å². The van der Waals surface area contributed by atoms with E-state index < -0.39 is 17.7 Å². The summed E-state index contributed by atoms with van der Waals surface area (Å²) < 4.78 is 5.35. The Morgan fingerprint density at radius 3 is 2.65 bits per heavy atom. The summed E-state index contributed by atoms with van der Waals surface area (Å²) in [5.74, 6) is -0.715. The Labute approximate surface area is 120 Å². The molecule has 0 radical (unpaired) electrons. The van der Waals surface area contributed by atoms with Gasteiger partial charge in [-0.1, -0.05) is 13.8 Å². The zero-order chi connectivity index (χ0) is 14.9. The van der Waals surface area contributed by atoms with Crippen LogP contribution in [-0.4, -0.2) is 58.5 Å². The van der Waals surface area contributed by atoms with Crippen molar-refractivity contribution < 1.29 is 19.7 Å². The number of aliphatic hydroxyl groups excluding tert-OH is 1. The Morgan fingerprint density at radius 2 is 2.05 bits per heavy atom. The summed E-state index contributed by atoms with van der Waals surface area (Å²) in [6.07, 6.45) is 2.31. The standard InChI is InChI=1S/C15H27NO4/c1-10(2)15(19,11(3)17)14(18)20-9-12-6-8-16-7-4-5-13(12)16/h10-13,17,19H,4-9H2,1-3H3/t11-,12-,13-,15?/m0/s1. The van der Waals surface area contributed by atoms with Crippen LogP contribution in [-0.2, 0) is 9.53 Å². The smallest absolute Gasteiger partial charge is 0.341 e. The van der Waals surface area contributed by atoms with Gasteiger partial charge in [0.25, 0.3) is 0 Å². The normalized spacial score (nSPS) is 31.1. The van der Waals surface area contributed by atoms with Gasteiger partial charge in [0, 0.05) is 12.0 Å². The fourth-order valence-electron chi connectivity index (χ4n) is 3.57. The van der Waals surface area contributed by atoms with E-state index in [2.05, 4.69) is 4.90 Å². The van der Waals surface area contributed by atoms with Crippen molar-refractivity contribution in [2.24, 2.45) is 11.8 Å². The van der Waals surface area contributed by atoms with Crippen molar-refractivity contribution in [3.8, 4) is 0 Å². The zero-order valence-corrected chi connectivity index (χ0v) is 12.7. The van der Waals surface area contributed by atoms with Crippen LogP contribution in [0.25, 0.3) is 0 Å². The molecule has 0 aromatic heterocycles. The number of ether oxygens (including phenoxy) is 1. The number of carbonyl (C=O) groups excluding carboxylic acids is 1. The molecule has 0 aromatic rings. The predicted molar refractivity (Wildman–Crippen MR) is 75.1 cm³/mol. The maximum absolute atomic E-state index is 12.2. The molecule has 20 heavy (non-hydrogen) atoms. The van der Waals surface area contributed by atoms with Gasteiger partial charge in [-0.25, -0.2) is 4.79 Å². The summed E-state index contributed by atoms with van der Waals surface area (Å²) in [5.41, 5.74) is -1.81. The van der Waals surface area contributed by atoms with Gasteiger partial charge in [0.2, 0.25) is 0 Å². The lowest BCUT2D eigenvalue weighted by molar-refractivity contribution is -0.186. The minimum atomic E-state index is -1.81. The van der Waals surface area contributed by atoms with E-state index in [1.807, 2.05) is 0 Å². The fraction of sp³-hybridized carbons (Fsp3) is 0.933. The summed E-state index contributed by atoms with van der Waals surface area (Å²) in [6, 6.07) is 0.529. The second-order valence-corrected chi connectivity index (χ2v) is 6.55. The van der Waals surface area contributed by atoms with Gasteiger partial charge in [0.05, 0.1) is 12.7 Å². The van der Waals surface area contributed by atoms with Crippen molar-refractivity contribution in [2.75, 3.05) is 19.7 Å². The van der Waals surface area contributed by atoms with E-state index in [0.29, 0.717) is 18.6 Å². The number of nitrogens with zero attached hydrogens (tertiary/aromatic N) is 1. The quantitative estimate of drug-likeness (QED) is 0.731. The summed E-state index contributed by atoms with van der Waals surface area (Å²) in [6.45, 7) is 7.43. The highest BCUT2D eigenvalue weighted by atomic mass is 16.6. The predicted octanol–water partition coefficient (Wildman–Crippen LogP) is 0.782. The van der Waals surface area contributed by atoms with Crippen molar-refractivity contribution in [3.63, 3.8) is 0 Å². The molecule has 2 heterocycles. The first-order valence-corrected chi connectivity index (χ1v) is 7.69. The Kier molecular flexibility index (Phi) is 4.72. The first-order chi connectivity index (χ1) is 9.37. The van der Waals surface area contributed by atoms with Crippen LogP contribution in [0.5, 0.6) is 0 Å². The number of hydrogen-bond donors (Lipinski definition) is 2. The Morgan fingerprint density at radius 1 is 1.35 bits per heavy atom. The molecule has 0 amide bonds. The lowest BCUT2D eigenvalue weighted by atomic mass is 9.85. The monoisotopic (exact) mass is 285 g/mol. The third-order valence-corrected chi connectivity index (χ3v) is 5.02. The van der Waals surface area contributed by atoms with Gasteiger partial charge >= 0.3 is 5.97 Å². The highest BCUT2D eigenvalue weighted by molar-refractivity contribution is 5.80. The van der Waals surface area contributed by atoms with Gasteiger partial charge < -0.3 is 14.9 Å². The average molecular weight is 285 g/mol. The number of hydrogen-bond acceptors (Lipinski definition) is 5. The highest BCUT2D eigenvalue weighted by Gasteiger charge is 2.46. The molecule has 2 saturated heterocycles. The maximum atomic E-state index is 12.2. The number of fused-ring (bicyclic) bond motifs is 1. The summed E-state index contributed by atoms with van der Waals surface area (Å²) in [4.78, 5) is 14.6. The molecule has 5 nitrogen and oxygen atoms in total. The molecule has 4 atom stereocenters. The van der Waals surface area contributed by atoms with Crippen LogP contribution in [0.15, 0.2) is 0 Å². The second kappa shape index (κ2) is 6.00. The molecule has 1 unspecified atom stereocenters. The number of esters is 1. The summed E-state index contributed by atoms with van der Waals surface area (Å²) in [7, 11) is 0. The lowest BCUT2D eigenvalue weighted by Gasteiger charge is -2.33. The topological polar surface area (TPSA) is 70.0 Å². The molecule has 0 spiro atoms. The molecule has 0 bridgehead atoms. The van der Waals surface area contributed by atoms with E-state index >= 15 is 0 Å². The highest BCUT2D eigenvalue weighted by Crippen LogP contribution is 2.33. The number of rotatable bonds is 5. The summed E-state index contributed by atoms with van der Waals surface area (Å²) in [5, 5.41) is 20.1. The molecule has 2 fully saturated rings. The van der Waals surface area contributed by atoms with Gasteiger partial charge in [-0.2, -0.15) is 0 Å². The van der Waals surface area contributed by atoms with Gasteiger partial charge in [0.1, 0.15) is 0 Å². The zero-order valence-electron chi connectivity index (χ0n) is 12.7. The van der Waals surface area contributed by atoms with Crippen molar-refractivity contribution in [2.45, 2.75) is 57.8 Å². The van der Waals surface area contributed by atoms with Crippen LogP contribution in [0.1, 0.15) is 40.0 Å². The molecular formula is C15H27NO4. The van der Waals surface area contributed by atoms with Crippen molar-refractivity contribution in [1.29, 1.82) is 0 Å². The van der Waals surface area contributed by atoms with Crippen molar-refractivity contribution >= 4 is 5.97 Å². The fourth-order valence-corrected chi connectivity index (χ4v) is 3.57. The molecule has 2 aliphatic heterocycles. The van der Waals surface area contributed by atoms with Gasteiger partial charge in [-0.15, -0.1) is 0 Å². The van der Waals surface area contributed by atoms with Crippen LogP contribution >= 0.6 is 0 Å². The number of carbonyl (C=O) groups is 1. The summed E-state index contributed by atoms with van der Waals surface area (Å²) >= 11 is 0.